The van der Waals surface area contributed by atoms with Crippen molar-refractivity contribution in [2.45, 2.75) is 6.42 Å². The summed E-state index contributed by atoms with van der Waals surface area (Å²) in [6.07, 6.45) is 3.24. The molecular weight excluding hydrogens is 337 g/mol. The summed E-state index contributed by atoms with van der Waals surface area (Å²) in [6.45, 7) is 0.0935. The molecule has 5 nitrogen and oxygen atoms in total. The molecule has 0 saturated heterocycles. The van der Waals surface area contributed by atoms with Gasteiger partial charge in [0.2, 0.25) is 0 Å². The molecule has 0 fully saturated rings. The maximum absolute atomic E-state index is 13.5. The second-order valence-electron chi connectivity index (χ2n) is 5.42. The summed E-state index contributed by atoms with van der Waals surface area (Å²) >= 11 is 0. The van der Waals surface area contributed by atoms with Crippen molar-refractivity contribution in [2.75, 3.05) is 20.3 Å². The van der Waals surface area contributed by atoms with Gasteiger partial charge in [-0.3, -0.25) is 4.79 Å². The minimum absolute atomic E-state index is 0.122. The van der Waals surface area contributed by atoms with Crippen molar-refractivity contribution in [3.05, 3.63) is 71.6 Å². The number of amides is 1. The number of halogens is 1. The Kier molecular flexibility index (Phi) is 7.36. The zero-order valence-corrected chi connectivity index (χ0v) is 14.4. The van der Waals surface area contributed by atoms with Crippen LogP contribution < -0.4 is 10.1 Å². The largest absolute Gasteiger partial charge is 0.494 e. The SMILES string of the molecule is COc1ccc(/C=C/C(=O)OCC(=O)NCCc2ccccc2)cc1F. The van der Waals surface area contributed by atoms with Gasteiger partial charge >= 0.3 is 5.97 Å². The first-order valence-corrected chi connectivity index (χ1v) is 8.07. The lowest BCUT2D eigenvalue weighted by Crippen LogP contribution is -2.30. The molecule has 0 aliphatic rings. The van der Waals surface area contributed by atoms with Crippen LogP contribution in [0.25, 0.3) is 6.08 Å². The lowest BCUT2D eigenvalue weighted by Gasteiger charge is -2.05. The number of rotatable bonds is 8. The van der Waals surface area contributed by atoms with E-state index in [-0.39, 0.29) is 18.3 Å². The van der Waals surface area contributed by atoms with Crippen molar-refractivity contribution in [3.63, 3.8) is 0 Å². The van der Waals surface area contributed by atoms with Gasteiger partial charge in [-0.1, -0.05) is 36.4 Å². The van der Waals surface area contributed by atoms with E-state index >= 15 is 0 Å². The number of carbonyl (C=O) groups excluding carboxylic acids is 2. The topological polar surface area (TPSA) is 64.6 Å². The lowest BCUT2D eigenvalue weighted by molar-refractivity contribution is -0.143. The van der Waals surface area contributed by atoms with E-state index in [1.807, 2.05) is 30.3 Å². The quantitative estimate of drug-likeness (QED) is 0.583. The van der Waals surface area contributed by atoms with Crippen LogP contribution in [0.1, 0.15) is 11.1 Å². The van der Waals surface area contributed by atoms with Crippen molar-refractivity contribution in [2.24, 2.45) is 0 Å². The Bertz CT molecular complexity index is 775. The average Bonchev–Trinajstić information content (AvgIpc) is 2.65. The Morgan fingerprint density at radius 2 is 1.92 bits per heavy atom. The third-order valence-corrected chi connectivity index (χ3v) is 3.51. The third kappa shape index (κ3) is 6.39. The van der Waals surface area contributed by atoms with E-state index in [1.54, 1.807) is 6.07 Å². The summed E-state index contributed by atoms with van der Waals surface area (Å²) in [7, 11) is 1.37. The second-order valence-corrected chi connectivity index (χ2v) is 5.42. The van der Waals surface area contributed by atoms with Crippen LogP contribution >= 0.6 is 0 Å². The highest BCUT2D eigenvalue weighted by molar-refractivity contribution is 5.89. The zero-order valence-electron chi connectivity index (χ0n) is 14.4. The number of esters is 1. The number of hydrogen-bond donors (Lipinski definition) is 1. The van der Waals surface area contributed by atoms with Crippen molar-refractivity contribution in [1.82, 2.24) is 5.32 Å². The highest BCUT2D eigenvalue weighted by Crippen LogP contribution is 2.18. The second kappa shape index (κ2) is 9.98. The molecule has 2 aromatic rings. The van der Waals surface area contributed by atoms with E-state index in [0.717, 1.165) is 11.6 Å². The Hall–Kier alpha value is -3.15. The standard InChI is InChI=1S/C20H20FNO4/c1-25-18-9-7-16(13-17(18)21)8-10-20(24)26-14-19(23)22-12-11-15-5-3-2-4-6-15/h2-10,13H,11-12,14H2,1H3,(H,22,23)/b10-8+. The monoisotopic (exact) mass is 357 g/mol. The number of benzene rings is 2. The van der Waals surface area contributed by atoms with Gasteiger partial charge in [0.25, 0.3) is 5.91 Å². The van der Waals surface area contributed by atoms with E-state index in [9.17, 15) is 14.0 Å². The maximum atomic E-state index is 13.5. The minimum Gasteiger partial charge on any atom is -0.494 e. The molecule has 2 rings (SSSR count). The van der Waals surface area contributed by atoms with Crippen LogP contribution in [0, 0.1) is 5.82 Å². The van der Waals surface area contributed by atoms with Crippen LogP contribution in [0.15, 0.2) is 54.6 Å². The number of methoxy groups -OCH3 is 1. The van der Waals surface area contributed by atoms with Gasteiger partial charge in [-0.25, -0.2) is 9.18 Å². The van der Waals surface area contributed by atoms with Gasteiger partial charge in [0.15, 0.2) is 18.2 Å². The molecule has 0 spiro atoms. The van der Waals surface area contributed by atoms with E-state index in [4.69, 9.17) is 9.47 Å². The first-order chi connectivity index (χ1) is 12.6. The Balaban J connectivity index is 1.70. The smallest absolute Gasteiger partial charge is 0.331 e. The summed E-state index contributed by atoms with van der Waals surface area (Å²) in [6, 6.07) is 14.0. The highest BCUT2D eigenvalue weighted by atomic mass is 19.1. The molecule has 26 heavy (non-hydrogen) atoms. The van der Waals surface area contributed by atoms with Crippen molar-refractivity contribution < 1.29 is 23.5 Å². The minimum atomic E-state index is -0.681. The van der Waals surface area contributed by atoms with E-state index in [2.05, 4.69) is 5.32 Å². The maximum Gasteiger partial charge on any atom is 0.331 e. The summed E-state index contributed by atoms with van der Waals surface area (Å²) < 4.78 is 23.2. The van der Waals surface area contributed by atoms with E-state index in [0.29, 0.717) is 18.5 Å². The molecule has 0 bridgehead atoms. The van der Waals surface area contributed by atoms with Crippen LogP contribution in [-0.4, -0.2) is 32.1 Å². The molecule has 0 heterocycles. The predicted octanol–water partition coefficient (Wildman–Crippen LogP) is 2.75. The van der Waals surface area contributed by atoms with Gasteiger partial charge in [-0.05, 0) is 35.8 Å². The third-order valence-electron chi connectivity index (χ3n) is 3.51. The molecular formula is C20H20FNO4. The van der Waals surface area contributed by atoms with Crippen molar-refractivity contribution in [3.8, 4) is 5.75 Å². The van der Waals surface area contributed by atoms with Crippen LogP contribution in [0.5, 0.6) is 5.75 Å². The number of hydrogen-bond acceptors (Lipinski definition) is 4. The molecule has 0 unspecified atom stereocenters. The van der Waals surface area contributed by atoms with Crippen LogP contribution in [-0.2, 0) is 20.7 Å². The highest BCUT2D eigenvalue weighted by Gasteiger charge is 2.05. The van der Waals surface area contributed by atoms with Gasteiger partial charge in [0.05, 0.1) is 7.11 Å². The Morgan fingerprint density at radius 1 is 1.15 bits per heavy atom. The summed E-state index contributed by atoms with van der Waals surface area (Å²) in [5.74, 6) is -1.46. The fourth-order valence-electron chi connectivity index (χ4n) is 2.18. The zero-order chi connectivity index (χ0) is 18.8. The van der Waals surface area contributed by atoms with E-state index in [1.165, 1.54) is 25.3 Å². The fraction of sp³-hybridized carbons (Fsp3) is 0.200. The normalized spacial score (nSPS) is 10.5. The van der Waals surface area contributed by atoms with Crippen LogP contribution in [0.3, 0.4) is 0 Å². The molecule has 1 amide bonds. The molecule has 0 aliphatic heterocycles. The first kappa shape index (κ1) is 19.2. The van der Waals surface area contributed by atoms with Crippen LogP contribution in [0.2, 0.25) is 0 Å². The number of nitrogens with one attached hydrogen (secondary N) is 1. The van der Waals surface area contributed by atoms with Gasteiger partial charge in [0.1, 0.15) is 0 Å². The number of carbonyl (C=O) groups is 2. The lowest BCUT2D eigenvalue weighted by atomic mass is 10.1. The van der Waals surface area contributed by atoms with Gasteiger partial charge in [0, 0.05) is 12.6 Å². The van der Waals surface area contributed by atoms with Crippen molar-refractivity contribution in [1.29, 1.82) is 0 Å². The van der Waals surface area contributed by atoms with Gasteiger partial charge < -0.3 is 14.8 Å². The summed E-state index contributed by atoms with van der Waals surface area (Å²) in [5.41, 5.74) is 1.59. The van der Waals surface area contributed by atoms with Gasteiger partial charge in [-0.15, -0.1) is 0 Å². The summed E-state index contributed by atoms with van der Waals surface area (Å²) in [4.78, 5) is 23.3. The molecule has 2 aromatic carbocycles. The molecule has 0 aromatic heterocycles. The molecule has 6 heteroatoms. The summed E-state index contributed by atoms with van der Waals surface area (Å²) in [5, 5.41) is 2.68. The first-order valence-electron chi connectivity index (χ1n) is 8.07. The fourth-order valence-corrected chi connectivity index (χ4v) is 2.18. The molecule has 136 valence electrons. The van der Waals surface area contributed by atoms with E-state index < -0.39 is 11.8 Å². The molecule has 0 atom stereocenters. The molecule has 0 aliphatic carbocycles. The van der Waals surface area contributed by atoms with Gasteiger partial charge in [-0.2, -0.15) is 0 Å². The van der Waals surface area contributed by atoms with Crippen LogP contribution in [0.4, 0.5) is 4.39 Å². The molecule has 0 radical (unpaired) electrons. The Labute approximate surface area is 151 Å². The predicted molar refractivity (Wildman–Crippen MR) is 96.1 cm³/mol. The Morgan fingerprint density at radius 3 is 2.62 bits per heavy atom. The average molecular weight is 357 g/mol. The molecule has 0 saturated carbocycles. The molecule has 1 N–H and O–H groups in total. The number of ether oxygens (including phenoxy) is 2. The van der Waals surface area contributed by atoms with Crippen molar-refractivity contribution >= 4 is 18.0 Å².